The number of nitrogens with one attached hydrogen (secondary N) is 3. The Hall–Kier alpha value is -1.97. The molecule has 1 unspecified atom stereocenters. The number of carbonyl (C=O) groups is 1. The van der Waals surface area contributed by atoms with Gasteiger partial charge >= 0.3 is 6.03 Å². The average Bonchev–Trinajstić information content (AvgIpc) is 2.78. The minimum atomic E-state index is -0.119. The Morgan fingerprint density at radius 3 is 3.06 bits per heavy atom. The number of fused-ring (bicyclic) bond motifs is 3. The molecule has 2 aromatic rings. The van der Waals surface area contributed by atoms with Gasteiger partial charge in [-0.15, -0.1) is 0 Å². The largest absolute Gasteiger partial charge is 0.356 e. The second-order valence-corrected chi connectivity index (χ2v) is 4.73. The zero-order chi connectivity index (χ0) is 12.5. The van der Waals surface area contributed by atoms with Crippen LogP contribution in [0, 0.1) is 0 Å². The summed E-state index contributed by atoms with van der Waals surface area (Å²) in [5, 5.41) is 6.91. The maximum Gasteiger partial charge on any atom is 0.315 e. The lowest BCUT2D eigenvalue weighted by Crippen LogP contribution is -2.37. The Balaban J connectivity index is 2.02. The van der Waals surface area contributed by atoms with E-state index in [-0.39, 0.29) is 12.1 Å². The summed E-state index contributed by atoms with van der Waals surface area (Å²) in [6, 6.07) is 8.31. The van der Waals surface area contributed by atoms with E-state index in [1.54, 1.807) is 7.05 Å². The third kappa shape index (κ3) is 1.74. The van der Waals surface area contributed by atoms with Crippen LogP contribution in [-0.4, -0.2) is 18.1 Å². The molecule has 3 rings (SSSR count). The number of hydrogen-bond donors (Lipinski definition) is 3. The van der Waals surface area contributed by atoms with Gasteiger partial charge in [0, 0.05) is 23.6 Å². The smallest absolute Gasteiger partial charge is 0.315 e. The lowest BCUT2D eigenvalue weighted by molar-refractivity contribution is 0.237. The first-order chi connectivity index (χ1) is 8.79. The molecule has 0 aliphatic heterocycles. The van der Waals surface area contributed by atoms with E-state index in [9.17, 15) is 4.79 Å². The predicted molar refractivity (Wildman–Crippen MR) is 71.6 cm³/mol. The number of amides is 2. The molecule has 4 nitrogen and oxygen atoms in total. The van der Waals surface area contributed by atoms with Crippen molar-refractivity contribution in [2.45, 2.75) is 25.3 Å². The molecule has 1 heterocycles. The summed E-state index contributed by atoms with van der Waals surface area (Å²) in [6.07, 6.45) is 3.20. The molecule has 0 spiro atoms. The Morgan fingerprint density at radius 2 is 2.22 bits per heavy atom. The van der Waals surface area contributed by atoms with Gasteiger partial charge in [-0.05, 0) is 30.9 Å². The van der Waals surface area contributed by atoms with E-state index >= 15 is 0 Å². The molecular weight excluding hydrogens is 226 g/mol. The van der Waals surface area contributed by atoms with Crippen molar-refractivity contribution in [2.24, 2.45) is 0 Å². The fourth-order valence-corrected chi connectivity index (χ4v) is 2.79. The van der Waals surface area contributed by atoms with Crippen LogP contribution in [0.3, 0.4) is 0 Å². The summed E-state index contributed by atoms with van der Waals surface area (Å²) < 4.78 is 0. The average molecular weight is 243 g/mol. The SMILES string of the molecule is CNC(=O)NC1CCCc2c1[nH]c1ccccc21. The molecule has 1 aromatic heterocycles. The van der Waals surface area contributed by atoms with E-state index in [0.717, 1.165) is 24.8 Å². The Bertz CT molecular complexity index is 588. The van der Waals surface area contributed by atoms with Gasteiger partial charge in [-0.3, -0.25) is 0 Å². The van der Waals surface area contributed by atoms with Crippen LogP contribution in [0.4, 0.5) is 4.79 Å². The number of aromatic nitrogens is 1. The number of para-hydroxylation sites is 1. The van der Waals surface area contributed by atoms with Crippen molar-refractivity contribution >= 4 is 16.9 Å². The van der Waals surface area contributed by atoms with Gasteiger partial charge in [-0.1, -0.05) is 18.2 Å². The van der Waals surface area contributed by atoms with Gasteiger partial charge in [0.25, 0.3) is 0 Å². The van der Waals surface area contributed by atoms with Gasteiger partial charge in [0.05, 0.1) is 6.04 Å². The van der Waals surface area contributed by atoms with Gasteiger partial charge in [0.2, 0.25) is 0 Å². The normalized spacial score (nSPS) is 18.4. The minimum absolute atomic E-state index is 0.0982. The Kier molecular flexibility index (Phi) is 2.70. The number of urea groups is 1. The van der Waals surface area contributed by atoms with E-state index in [2.05, 4.69) is 33.8 Å². The number of H-pyrrole nitrogens is 1. The lowest BCUT2D eigenvalue weighted by atomic mass is 9.92. The molecule has 18 heavy (non-hydrogen) atoms. The number of aryl methyl sites for hydroxylation is 1. The van der Waals surface area contributed by atoms with Crippen LogP contribution in [0.1, 0.15) is 30.1 Å². The van der Waals surface area contributed by atoms with Gasteiger partial charge in [0.15, 0.2) is 0 Å². The van der Waals surface area contributed by atoms with Crippen LogP contribution in [0.2, 0.25) is 0 Å². The molecular formula is C14H17N3O. The maximum atomic E-state index is 11.5. The van der Waals surface area contributed by atoms with Gasteiger partial charge in [0.1, 0.15) is 0 Å². The molecule has 0 fully saturated rings. The lowest BCUT2D eigenvalue weighted by Gasteiger charge is -2.23. The number of benzene rings is 1. The molecule has 4 heteroatoms. The van der Waals surface area contributed by atoms with Crippen molar-refractivity contribution in [2.75, 3.05) is 7.05 Å². The van der Waals surface area contributed by atoms with E-state index in [1.165, 1.54) is 16.6 Å². The Labute approximate surface area is 106 Å². The quantitative estimate of drug-likeness (QED) is 0.708. The molecule has 1 aromatic carbocycles. The van der Waals surface area contributed by atoms with Crippen molar-refractivity contribution < 1.29 is 4.79 Å². The zero-order valence-corrected chi connectivity index (χ0v) is 10.4. The van der Waals surface area contributed by atoms with Crippen LogP contribution >= 0.6 is 0 Å². The summed E-state index contributed by atoms with van der Waals surface area (Å²) in [6.45, 7) is 0. The van der Waals surface area contributed by atoms with Crippen LogP contribution in [0.5, 0.6) is 0 Å². The molecule has 1 aliphatic rings. The number of rotatable bonds is 1. The molecule has 1 atom stereocenters. The standard InChI is InChI=1S/C14H17N3O/c1-15-14(18)17-12-8-4-6-10-9-5-2-3-7-11(9)16-13(10)12/h2-3,5,7,12,16H,4,6,8H2,1H3,(H2,15,17,18). The molecule has 0 saturated heterocycles. The summed E-state index contributed by atoms with van der Waals surface area (Å²) in [4.78, 5) is 14.9. The third-order valence-electron chi connectivity index (χ3n) is 3.65. The first-order valence-electron chi connectivity index (χ1n) is 6.37. The van der Waals surface area contributed by atoms with Crippen molar-refractivity contribution in [1.29, 1.82) is 0 Å². The van der Waals surface area contributed by atoms with E-state index in [0.29, 0.717) is 0 Å². The Morgan fingerprint density at radius 1 is 1.39 bits per heavy atom. The van der Waals surface area contributed by atoms with Crippen LogP contribution in [-0.2, 0) is 6.42 Å². The molecule has 1 aliphatic carbocycles. The minimum Gasteiger partial charge on any atom is -0.356 e. The second kappa shape index (κ2) is 4.37. The van der Waals surface area contributed by atoms with Crippen LogP contribution < -0.4 is 10.6 Å². The van der Waals surface area contributed by atoms with Gasteiger partial charge in [-0.2, -0.15) is 0 Å². The molecule has 0 radical (unpaired) electrons. The van der Waals surface area contributed by atoms with Crippen molar-refractivity contribution in [3.05, 3.63) is 35.5 Å². The van der Waals surface area contributed by atoms with Crippen LogP contribution in [0.25, 0.3) is 10.9 Å². The predicted octanol–water partition coefficient (Wildman–Crippen LogP) is 2.47. The number of aromatic amines is 1. The molecule has 3 N–H and O–H groups in total. The number of hydrogen-bond acceptors (Lipinski definition) is 1. The molecule has 94 valence electrons. The number of carbonyl (C=O) groups excluding carboxylic acids is 1. The summed E-state index contributed by atoms with van der Waals surface area (Å²) in [5.41, 5.74) is 3.69. The van der Waals surface area contributed by atoms with E-state index in [1.807, 2.05) is 6.07 Å². The fourth-order valence-electron chi connectivity index (χ4n) is 2.79. The fraction of sp³-hybridized carbons (Fsp3) is 0.357. The second-order valence-electron chi connectivity index (χ2n) is 4.73. The van der Waals surface area contributed by atoms with Crippen molar-refractivity contribution in [3.63, 3.8) is 0 Å². The zero-order valence-electron chi connectivity index (χ0n) is 10.4. The highest BCUT2D eigenvalue weighted by Gasteiger charge is 2.24. The summed E-state index contributed by atoms with van der Waals surface area (Å²) >= 11 is 0. The van der Waals surface area contributed by atoms with Crippen molar-refractivity contribution in [1.82, 2.24) is 15.6 Å². The summed E-state index contributed by atoms with van der Waals surface area (Å²) in [7, 11) is 1.64. The molecule has 0 saturated carbocycles. The van der Waals surface area contributed by atoms with Gasteiger partial charge < -0.3 is 15.6 Å². The first-order valence-corrected chi connectivity index (χ1v) is 6.37. The monoisotopic (exact) mass is 243 g/mol. The van der Waals surface area contributed by atoms with Gasteiger partial charge in [-0.25, -0.2) is 4.79 Å². The van der Waals surface area contributed by atoms with Crippen LogP contribution in [0.15, 0.2) is 24.3 Å². The van der Waals surface area contributed by atoms with E-state index in [4.69, 9.17) is 0 Å². The molecule has 2 amide bonds. The highest BCUT2D eigenvalue weighted by molar-refractivity contribution is 5.85. The highest BCUT2D eigenvalue weighted by atomic mass is 16.2. The topological polar surface area (TPSA) is 56.9 Å². The highest BCUT2D eigenvalue weighted by Crippen LogP contribution is 2.34. The summed E-state index contributed by atoms with van der Waals surface area (Å²) in [5.74, 6) is 0. The molecule has 0 bridgehead atoms. The van der Waals surface area contributed by atoms with Crippen molar-refractivity contribution in [3.8, 4) is 0 Å². The maximum absolute atomic E-state index is 11.5. The third-order valence-corrected chi connectivity index (χ3v) is 3.65. The van der Waals surface area contributed by atoms with E-state index < -0.39 is 0 Å². The first kappa shape index (κ1) is 11.1.